The van der Waals surface area contributed by atoms with Gasteiger partial charge in [-0.3, -0.25) is 14.3 Å². The van der Waals surface area contributed by atoms with Crippen LogP contribution in [0.3, 0.4) is 0 Å². The molecular weight excluding hydrogens is 440 g/mol. The van der Waals surface area contributed by atoms with Crippen LogP contribution in [-0.4, -0.2) is 15.7 Å². The van der Waals surface area contributed by atoms with Crippen LogP contribution in [-0.2, 0) is 7.05 Å². The number of amides is 1. The topological polar surface area (TPSA) is 103 Å². The Morgan fingerprint density at radius 3 is 2.66 bits per heavy atom. The molecule has 5 aromatic rings. The molecule has 0 aliphatic heterocycles. The number of rotatable bonds is 5. The summed E-state index contributed by atoms with van der Waals surface area (Å²) in [5.74, 6) is 0.0210. The molecule has 0 spiro atoms. The van der Waals surface area contributed by atoms with Crippen molar-refractivity contribution < 1.29 is 9.21 Å². The first-order valence-corrected chi connectivity index (χ1v) is 11.4. The molecule has 0 saturated heterocycles. The number of nitrogens with two attached hydrogens (primary N) is 1. The molecule has 35 heavy (non-hydrogen) atoms. The van der Waals surface area contributed by atoms with Gasteiger partial charge in [0.1, 0.15) is 11.3 Å². The lowest BCUT2D eigenvalue weighted by Crippen LogP contribution is -2.16. The van der Waals surface area contributed by atoms with Gasteiger partial charge in [0.05, 0.1) is 22.5 Å². The third-order valence-corrected chi connectivity index (χ3v) is 6.30. The van der Waals surface area contributed by atoms with Crippen molar-refractivity contribution in [3.63, 3.8) is 0 Å². The van der Waals surface area contributed by atoms with Crippen LogP contribution in [0.2, 0.25) is 0 Å². The van der Waals surface area contributed by atoms with Gasteiger partial charge in [0.15, 0.2) is 5.43 Å². The number of nitrogens with one attached hydrogen (secondary N) is 1. The zero-order chi connectivity index (χ0) is 24.9. The second-order valence-electron chi connectivity index (χ2n) is 8.97. The van der Waals surface area contributed by atoms with Gasteiger partial charge >= 0.3 is 0 Å². The van der Waals surface area contributed by atoms with E-state index in [-0.39, 0.29) is 11.5 Å². The largest absolute Gasteiger partial charge is 0.455 e. The van der Waals surface area contributed by atoms with E-state index >= 15 is 0 Å². The van der Waals surface area contributed by atoms with Crippen molar-refractivity contribution in [2.24, 2.45) is 12.8 Å². The van der Waals surface area contributed by atoms with Crippen molar-refractivity contribution in [2.45, 2.75) is 26.8 Å². The normalized spacial score (nSPS) is 12.2. The molecule has 0 fully saturated rings. The van der Waals surface area contributed by atoms with E-state index in [0.717, 1.165) is 27.6 Å². The molecule has 0 aliphatic carbocycles. The van der Waals surface area contributed by atoms with Gasteiger partial charge in [0, 0.05) is 41.0 Å². The van der Waals surface area contributed by atoms with Gasteiger partial charge in [-0.2, -0.15) is 5.10 Å². The first-order chi connectivity index (χ1) is 16.7. The maximum Gasteiger partial charge on any atom is 0.250 e. The molecule has 5 rings (SSSR count). The summed E-state index contributed by atoms with van der Waals surface area (Å²) in [6.07, 6.45) is 1.93. The molecule has 2 aromatic heterocycles. The average molecular weight is 467 g/mol. The molecule has 2 heterocycles. The Hall–Kier alpha value is -4.39. The van der Waals surface area contributed by atoms with E-state index in [2.05, 4.69) is 10.4 Å². The van der Waals surface area contributed by atoms with Crippen LogP contribution >= 0.6 is 0 Å². The van der Waals surface area contributed by atoms with Crippen LogP contribution in [0.15, 0.2) is 70.0 Å². The Bertz CT molecular complexity index is 1680. The first kappa shape index (κ1) is 22.4. The number of para-hydroxylation sites is 1. The zero-order valence-electron chi connectivity index (χ0n) is 20.0. The first-order valence-electron chi connectivity index (χ1n) is 11.4. The fourth-order valence-electron chi connectivity index (χ4n) is 4.59. The number of fused-ring (bicyclic) bond motifs is 2. The number of carbonyl (C=O) groups excluding carboxylic acids is 1. The van der Waals surface area contributed by atoms with Crippen LogP contribution in [0.25, 0.3) is 33.2 Å². The highest BCUT2D eigenvalue weighted by atomic mass is 16.3. The molecular formula is C28H26N4O3. The summed E-state index contributed by atoms with van der Waals surface area (Å²) in [5.41, 5.74) is 11.0. The minimum Gasteiger partial charge on any atom is -0.455 e. The molecule has 176 valence electrons. The number of benzene rings is 3. The molecule has 1 amide bonds. The number of hydrogen-bond donors (Lipinski definition) is 2. The second-order valence-corrected chi connectivity index (χ2v) is 8.97. The maximum absolute atomic E-state index is 13.5. The van der Waals surface area contributed by atoms with Gasteiger partial charge < -0.3 is 15.5 Å². The van der Waals surface area contributed by atoms with Crippen LogP contribution in [0.4, 0.5) is 5.69 Å². The lowest BCUT2D eigenvalue weighted by molar-refractivity contribution is 0.100. The Labute approximate surface area is 202 Å². The van der Waals surface area contributed by atoms with E-state index in [4.69, 9.17) is 10.2 Å². The van der Waals surface area contributed by atoms with Crippen LogP contribution in [0, 0.1) is 13.8 Å². The fraction of sp³-hybridized carbons (Fsp3) is 0.179. The molecule has 0 bridgehead atoms. The predicted octanol–water partition coefficient (Wildman–Crippen LogP) is 5.24. The quantitative estimate of drug-likeness (QED) is 0.369. The van der Waals surface area contributed by atoms with Gasteiger partial charge in [-0.15, -0.1) is 0 Å². The van der Waals surface area contributed by atoms with Crippen molar-refractivity contribution >= 4 is 33.5 Å². The summed E-state index contributed by atoms with van der Waals surface area (Å²) in [7, 11) is 1.88. The Morgan fingerprint density at radius 1 is 1.11 bits per heavy atom. The summed E-state index contributed by atoms with van der Waals surface area (Å²) in [6.45, 7) is 5.71. The summed E-state index contributed by atoms with van der Waals surface area (Å²) in [5, 5.41) is 9.30. The van der Waals surface area contributed by atoms with Crippen LogP contribution < -0.4 is 16.5 Å². The van der Waals surface area contributed by atoms with Crippen molar-refractivity contribution in [1.82, 2.24) is 9.78 Å². The molecule has 7 heteroatoms. The number of carbonyl (C=O) groups is 1. The number of hydrogen-bond acceptors (Lipinski definition) is 5. The second kappa shape index (κ2) is 8.43. The Kier molecular flexibility index (Phi) is 5.40. The molecule has 1 unspecified atom stereocenters. The lowest BCUT2D eigenvalue weighted by atomic mass is 9.98. The smallest absolute Gasteiger partial charge is 0.250 e. The summed E-state index contributed by atoms with van der Waals surface area (Å²) < 4.78 is 8.24. The van der Waals surface area contributed by atoms with E-state index in [1.807, 2.05) is 69.6 Å². The van der Waals surface area contributed by atoms with Gasteiger partial charge in [-0.05, 0) is 62.7 Å². The highest BCUT2D eigenvalue weighted by Crippen LogP contribution is 2.33. The monoisotopic (exact) mass is 466 g/mol. The van der Waals surface area contributed by atoms with Gasteiger partial charge in [0.25, 0.3) is 5.91 Å². The van der Waals surface area contributed by atoms with Crippen LogP contribution in [0.1, 0.15) is 40.0 Å². The summed E-state index contributed by atoms with van der Waals surface area (Å²) in [6, 6.07) is 16.5. The zero-order valence-corrected chi connectivity index (χ0v) is 20.0. The molecule has 0 radical (unpaired) electrons. The van der Waals surface area contributed by atoms with Gasteiger partial charge in [-0.1, -0.05) is 18.2 Å². The number of primary amides is 1. The minimum absolute atomic E-state index is 0.0674. The van der Waals surface area contributed by atoms with Crippen molar-refractivity contribution in [3.8, 4) is 11.3 Å². The van der Waals surface area contributed by atoms with Crippen molar-refractivity contribution in [3.05, 3.63) is 93.3 Å². The van der Waals surface area contributed by atoms with E-state index in [1.165, 1.54) is 0 Å². The Balaban J connectivity index is 1.68. The Morgan fingerprint density at radius 2 is 1.89 bits per heavy atom. The third kappa shape index (κ3) is 3.95. The molecule has 0 saturated carbocycles. The van der Waals surface area contributed by atoms with Gasteiger partial charge in [0.2, 0.25) is 0 Å². The van der Waals surface area contributed by atoms with E-state index < -0.39 is 5.91 Å². The molecule has 7 nitrogen and oxygen atoms in total. The summed E-state index contributed by atoms with van der Waals surface area (Å²) in [4.78, 5) is 25.4. The highest BCUT2D eigenvalue weighted by Gasteiger charge is 2.20. The predicted molar refractivity (Wildman–Crippen MR) is 139 cm³/mol. The average Bonchev–Trinajstić information content (AvgIpc) is 3.20. The standard InChI is InChI=1S/C28H26N4O3/c1-15-11-21(17(3)30-24-8-6-5-7-20(24)28(29)34)27-22(12-15)25(33)16(2)26(35-27)18-9-10-23-19(13-18)14-32(4)31-23/h5-14,17,30H,1-4H3,(H2,29,34). The fourth-order valence-corrected chi connectivity index (χ4v) is 4.59. The van der Waals surface area contributed by atoms with E-state index in [9.17, 15) is 9.59 Å². The van der Waals surface area contributed by atoms with Gasteiger partial charge in [-0.25, -0.2) is 0 Å². The number of aromatic nitrogens is 2. The highest BCUT2D eigenvalue weighted by molar-refractivity contribution is 5.98. The molecule has 3 N–H and O–H groups in total. The van der Waals surface area contributed by atoms with E-state index in [1.54, 1.807) is 23.7 Å². The minimum atomic E-state index is -0.510. The van der Waals surface area contributed by atoms with Crippen molar-refractivity contribution in [1.29, 1.82) is 0 Å². The van der Waals surface area contributed by atoms with Crippen LogP contribution in [0.5, 0.6) is 0 Å². The molecule has 0 aliphatic rings. The maximum atomic E-state index is 13.5. The molecule has 1 atom stereocenters. The SMILES string of the molecule is Cc1cc(C(C)Nc2ccccc2C(N)=O)c2oc(-c3ccc4nn(C)cc4c3)c(C)c(=O)c2c1. The molecule has 3 aromatic carbocycles. The number of nitrogens with zero attached hydrogens (tertiary/aromatic N) is 2. The number of aryl methyl sites for hydroxylation is 2. The van der Waals surface area contributed by atoms with E-state index in [0.29, 0.717) is 33.5 Å². The number of anilines is 1. The van der Waals surface area contributed by atoms with Crippen molar-refractivity contribution in [2.75, 3.05) is 5.32 Å². The summed E-state index contributed by atoms with van der Waals surface area (Å²) >= 11 is 0. The lowest BCUT2D eigenvalue weighted by Gasteiger charge is -2.20. The third-order valence-electron chi connectivity index (χ3n) is 6.30.